The van der Waals surface area contributed by atoms with Crippen molar-refractivity contribution in [1.29, 1.82) is 0 Å². The van der Waals surface area contributed by atoms with E-state index in [0.29, 0.717) is 17.5 Å². The van der Waals surface area contributed by atoms with Gasteiger partial charge in [0.2, 0.25) is 0 Å². The Kier molecular flexibility index (Phi) is 5.45. The van der Waals surface area contributed by atoms with Gasteiger partial charge < -0.3 is 0 Å². The molecule has 0 bridgehead atoms. The summed E-state index contributed by atoms with van der Waals surface area (Å²) in [4.78, 5) is 14.9. The van der Waals surface area contributed by atoms with Crippen LogP contribution in [0.1, 0.15) is 0 Å². The maximum atomic E-state index is 5.00. The van der Waals surface area contributed by atoms with Gasteiger partial charge in [-0.15, -0.1) is 0 Å². The molecule has 0 fully saturated rings. The van der Waals surface area contributed by atoms with Crippen LogP contribution in [0.5, 0.6) is 0 Å². The predicted octanol–water partition coefficient (Wildman–Crippen LogP) is 8.85. The van der Waals surface area contributed by atoms with Crippen LogP contribution in [0.15, 0.2) is 140 Å². The van der Waals surface area contributed by atoms with Gasteiger partial charge in [0.25, 0.3) is 0 Å². The maximum absolute atomic E-state index is 5.00. The Hall–Kier alpha value is -5.15. The second kappa shape index (κ2) is 9.38. The monoisotopic (exact) mass is 485 g/mol. The maximum Gasteiger partial charge on any atom is 0.164 e. The Morgan fingerprint density at radius 2 is 0.789 bits per heavy atom. The first-order valence-corrected chi connectivity index (χ1v) is 12.7. The lowest BCUT2D eigenvalue weighted by molar-refractivity contribution is 1.07. The molecule has 0 N–H and O–H groups in total. The number of fused-ring (bicyclic) bond motifs is 3. The molecule has 3 heteroatoms. The summed E-state index contributed by atoms with van der Waals surface area (Å²) in [6.07, 6.45) is 0. The van der Waals surface area contributed by atoms with E-state index < -0.39 is 0 Å². The van der Waals surface area contributed by atoms with Gasteiger partial charge in [-0.25, -0.2) is 15.0 Å². The minimum Gasteiger partial charge on any atom is -0.208 e. The lowest BCUT2D eigenvalue weighted by Gasteiger charge is -2.11. The fourth-order valence-corrected chi connectivity index (χ4v) is 4.96. The molecule has 0 amide bonds. The third kappa shape index (κ3) is 4.10. The van der Waals surface area contributed by atoms with Crippen molar-refractivity contribution >= 4 is 21.5 Å². The van der Waals surface area contributed by atoms with Gasteiger partial charge in [0.15, 0.2) is 17.5 Å². The fraction of sp³-hybridized carbons (Fsp3) is 0. The Morgan fingerprint density at radius 3 is 1.53 bits per heavy atom. The quantitative estimate of drug-likeness (QED) is 0.234. The molecule has 38 heavy (non-hydrogen) atoms. The van der Waals surface area contributed by atoms with Crippen molar-refractivity contribution in [1.82, 2.24) is 15.0 Å². The third-order valence-electron chi connectivity index (χ3n) is 6.90. The molecule has 0 radical (unpaired) electrons. The molecule has 7 rings (SSSR count). The first-order valence-electron chi connectivity index (χ1n) is 12.7. The number of hydrogen-bond acceptors (Lipinski definition) is 3. The van der Waals surface area contributed by atoms with Crippen LogP contribution in [0.25, 0.3) is 66.8 Å². The molecule has 0 aliphatic rings. The number of nitrogens with zero attached hydrogens (tertiary/aromatic N) is 3. The summed E-state index contributed by atoms with van der Waals surface area (Å²) in [5, 5.41) is 4.83. The SMILES string of the molecule is c1ccc(-c2cccc(-c3nc(-c4ccccc4)nc(-c4ccc5ccc6ccccc6c5c4)n3)c2)cc1. The second-order valence-corrected chi connectivity index (χ2v) is 9.34. The number of aromatic nitrogens is 3. The number of hydrogen-bond donors (Lipinski definition) is 0. The lowest BCUT2D eigenvalue weighted by atomic mass is 9.99. The van der Waals surface area contributed by atoms with Crippen LogP contribution in [0.2, 0.25) is 0 Å². The predicted molar refractivity (Wildman–Crippen MR) is 157 cm³/mol. The summed E-state index contributed by atoms with van der Waals surface area (Å²) in [7, 11) is 0. The average molecular weight is 486 g/mol. The van der Waals surface area contributed by atoms with Crippen molar-refractivity contribution in [2.45, 2.75) is 0 Å². The van der Waals surface area contributed by atoms with Crippen molar-refractivity contribution in [3.63, 3.8) is 0 Å². The van der Waals surface area contributed by atoms with E-state index in [1.54, 1.807) is 0 Å². The smallest absolute Gasteiger partial charge is 0.164 e. The van der Waals surface area contributed by atoms with Gasteiger partial charge in [-0.05, 0) is 44.8 Å². The van der Waals surface area contributed by atoms with E-state index in [4.69, 9.17) is 15.0 Å². The fourth-order valence-electron chi connectivity index (χ4n) is 4.96. The Morgan fingerprint density at radius 1 is 0.289 bits per heavy atom. The van der Waals surface area contributed by atoms with Gasteiger partial charge in [0.05, 0.1) is 0 Å². The van der Waals surface area contributed by atoms with Crippen LogP contribution < -0.4 is 0 Å². The van der Waals surface area contributed by atoms with E-state index >= 15 is 0 Å². The summed E-state index contributed by atoms with van der Waals surface area (Å²) >= 11 is 0. The molecule has 0 spiro atoms. The molecule has 0 saturated carbocycles. The van der Waals surface area contributed by atoms with E-state index in [-0.39, 0.29) is 0 Å². The first kappa shape index (κ1) is 22.1. The number of benzene rings is 6. The molecular weight excluding hydrogens is 462 g/mol. The first-order chi connectivity index (χ1) is 18.8. The van der Waals surface area contributed by atoms with Crippen LogP contribution in [0.4, 0.5) is 0 Å². The van der Waals surface area contributed by atoms with Crippen molar-refractivity contribution in [2.75, 3.05) is 0 Å². The Labute approximate surface area is 221 Å². The minimum atomic E-state index is 0.657. The van der Waals surface area contributed by atoms with Gasteiger partial charge >= 0.3 is 0 Å². The molecule has 0 saturated heterocycles. The zero-order chi connectivity index (χ0) is 25.3. The zero-order valence-electron chi connectivity index (χ0n) is 20.6. The van der Waals surface area contributed by atoms with Crippen LogP contribution >= 0.6 is 0 Å². The number of rotatable bonds is 4. The summed E-state index contributed by atoms with van der Waals surface area (Å²) < 4.78 is 0. The second-order valence-electron chi connectivity index (χ2n) is 9.34. The third-order valence-corrected chi connectivity index (χ3v) is 6.90. The van der Waals surface area contributed by atoms with E-state index in [9.17, 15) is 0 Å². The van der Waals surface area contributed by atoms with Crippen molar-refractivity contribution in [3.05, 3.63) is 140 Å². The molecule has 0 unspecified atom stereocenters. The summed E-state index contributed by atoms with van der Waals surface area (Å²) in [6.45, 7) is 0. The van der Waals surface area contributed by atoms with Crippen molar-refractivity contribution < 1.29 is 0 Å². The van der Waals surface area contributed by atoms with Crippen molar-refractivity contribution in [2.24, 2.45) is 0 Å². The normalized spacial score (nSPS) is 11.2. The molecule has 3 nitrogen and oxygen atoms in total. The molecular formula is C35H23N3. The largest absolute Gasteiger partial charge is 0.208 e. The molecule has 178 valence electrons. The van der Waals surface area contributed by atoms with E-state index in [1.165, 1.54) is 21.5 Å². The lowest BCUT2D eigenvalue weighted by Crippen LogP contribution is -2.00. The van der Waals surface area contributed by atoms with Crippen LogP contribution in [-0.2, 0) is 0 Å². The molecule has 0 atom stereocenters. The van der Waals surface area contributed by atoms with Gasteiger partial charge in [-0.3, -0.25) is 0 Å². The van der Waals surface area contributed by atoms with Gasteiger partial charge in [0, 0.05) is 16.7 Å². The van der Waals surface area contributed by atoms with E-state index in [1.807, 2.05) is 36.4 Å². The Bertz CT molecular complexity index is 1910. The van der Waals surface area contributed by atoms with Crippen molar-refractivity contribution in [3.8, 4) is 45.3 Å². The van der Waals surface area contributed by atoms with Gasteiger partial charge in [-0.1, -0.05) is 127 Å². The molecule has 0 aliphatic carbocycles. The standard InChI is InChI=1S/C35H23N3/c1-3-10-24(11-4-1)28-15-9-16-29(22-28)34-36-33(27-13-5-2-6-14-27)37-35(38-34)30-21-20-26-19-18-25-12-7-8-17-31(25)32(26)23-30/h1-23H. The Balaban J connectivity index is 1.42. The van der Waals surface area contributed by atoms with Gasteiger partial charge in [-0.2, -0.15) is 0 Å². The van der Waals surface area contributed by atoms with E-state index in [0.717, 1.165) is 27.8 Å². The average Bonchev–Trinajstić information content (AvgIpc) is 3.01. The molecule has 1 heterocycles. The van der Waals surface area contributed by atoms with E-state index in [2.05, 4.69) is 103 Å². The van der Waals surface area contributed by atoms with Crippen LogP contribution in [0, 0.1) is 0 Å². The van der Waals surface area contributed by atoms with Gasteiger partial charge in [0.1, 0.15) is 0 Å². The highest BCUT2D eigenvalue weighted by atomic mass is 15.0. The highest BCUT2D eigenvalue weighted by molar-refractivity contribution is 6.08. The van der Waals surface area contributed by atoms with Crippen LogP contribution in [-0.4, -0.2) is 15.0 Å². The zero-order valence-corrected chi connectivity index (χ0v) is 20.6. The summed E-state index contributed by atoms with van der Waals surface area (Å²) in [5.74, 6) is 1.98. The highest BCUT2D eigenvalue weighted by Crippen LogP contribution is 2.31. The molecule has 0 aliphatic heterocycles. The summed E-state index contributed by atoms with van der Waals surface area (Å²) in [5.41, 5.74) is 5.17. The molecule has 1 aromatic heterocycles. The topological polar surface area (TPSA) is 38.7 Å². The molecule has 7 aromatic rings. The summed E-state index contributed by atoms with van der Waals surface area (Å²) in [6, 6.07) is 48.2. The van der Waals surface area contributed by atoms with Crippen LogP contribution in [0.3, 0.4) is 0 Å². The molecule has 6 aromatic carbocycles. The minimum absolute atomic E-state index is 0.657. The highest BCUT2D eigenvalue weighted by Gasteiger charge is 2.14.